The highest BCUT2D eigenvalue weighted by molar-refractivity contribution is 5.78. The lowest BCUT2D eigenvalue weighted by molar-refractivity contribution is -0.129. The molecule has 4 N–H and O–H groups in total. The molecule has 0 aromatic rings. The summed E-state index contributed by atoms with van der Waals surface area (Å²) in [5.41, 5.74) is 10.3. The summed E-state index contributed by atoms with van der Waals surface area (Å²) in [4.78, 5) is 13.0. The van der Waals surface area contributed by atoms with Crippen molar-refractivity contribution in [2.45, 2.75) is 31.9 Å². The van der Waals surface area contributed by atoms with E-state index in [0.717, 1.165) is 19.4 Å². The molecule has 1 unspecified atom stereocenters. The third-order valence-electron chi connectivity index (χ3n) is 2.65. The number of rotatable bonds is 7. The highest BCUT2D eigenvalue weighted by Gasteiger charge is 2.11. The summed E-state index contributed by atoms with van der Waals surface area (Å²) in [6.45, 7) is 4.08. The van der Waals surface area contributed by atoms with Crippen molar-refractivity contribution in [1.29, 1.82) is 0 Å². The molecule has 5 nitrogen and oxygen atoms in total. The summed E-state index contributed by atoms with van der Waals surface area (Å²) in [6.07, 6.45) is 3.71. The Bertz CT molecular complexity index is 193. The molecule has 1 aliphatic rings. The summed E-state index contributed by atoms with van der Waals surface area (Å²) in [5, 5.41) is 0. The average Bonchev–Trinajstić information content (AvgIpc) is 2.69. The van der Waals surface area contributed by atoms with Gasteiger partial charge in [-0.15, -0.1) is 0 Å². The Morgan fingerprint density at radius 1 is 1.33 bits per heavy atom. The largest absolute Gasteiger partial charge is 0.366 e. The monoisotopic (exact) mass is 215 g/mol. The van der Waals surface area contributed by atoms with Gasteiger partial charge in [-0.2, -0.15) is 0 Å². The van der Waals surface area contributed by atoms with Gasteiger partial charge in [-0.05, 0) is 45.3 Å². The zero-order chi connectivity index (χ0) is 11.1. The van der Waals surface area contributed by atoms with E-state index < -0.39 is 12.1 Å². The minimum atomic E-state index is -0.947. The lowest BCUT2D eigenvalue weighted by Gasteiger charge is -2.14. The van der Waals surface area contributed by atoms with Crippen LogP contribution in [0.15, 0.2) is 0 Å². The molecular weight excluding hydrogens is 194 g/mol. The van der Waals surface area contributed by atoms with Crippen molar-refractivity contribution in [1.82, 2.24) is 4.90 Å². The fraction of sp³-hybridized carbons (Fsp3) is 0.900. The van der Waals surface area contributed by atoms with Crippen LogP contribution in [-0.4, -0.2) is 43.3 Å². The van der Waals surface area contributed by atoms with Crippen LogP contribution < -0.4 is 11.5 Å². The van der Waals surface area contributed by atoms with Crippen LogP contribution in [0, 0.1) is 0 Å². The molecule has 0 aromatic heterocycles. The van der Waals surface area contributed by atoms with Crippen molar-refractivity contribution < 1.29 is 9.53 Å². The number of carbonyl (C=O) groups excluding carboxylic acids is 1. The van der Waals surface area contributed by atoms with Gasteiger partial charge in [0, 0.05) is 6.61 Å². The number of nitrogens with two attached hydrogens (primary N) is 2. The molecule has 0 radical (unpaired) electrons. The Balaban J connectivity index is 1.90. The van der Waals surface area contributed by atoms with Crippen molar-refractivity contribution in [2.24, 2.45) is 11.5 Å². The number of ether oxygens (including phenoxy) is 1. The Hall–Kier alpha value is -0.650. The zero-order valence-corrected chi connectivity index (χ0v) is 9.15. The highest BCUT2D eigenvalue weighted by atomic mass is 16.5. The van der Waals surface area contributed by atoms with Crippen LogP contribution in [0.4, 0.5) is 0 Å². The quantitative estimate of drug-likeness (QED) is 0.449. The maximum atomic E-state index is 10.5. The van der Waals surface area contributed by atoms with E-state index in [2.05, 4.69) is 4.90 Å². The highest BCUT2D eigenvalue weighted by Crippen LogP contribution is 2.08. The minimum absolute atomic E-state index is 0.512. The maximum Gasteiger partial charge on any atom is 0.261 e. The number of carbonyl (C=O) groups is 1. The maximum absolute atomic E-state index is 10.5. The number of hydrogen-bond donors (Lipinski definition) is 2. The number of amides is 1. The molecule has 88 valence electrons. The Morgan fingerprint density at radius 2 is 2.00 bits per heavy atom. The van der Waals surface area contributed by atoms with E-state index in [1.54, 1.807) is 0 Å². The fourth-order valence-corrected chi connectivity index (χ4v) is 1.74. The first kappa shape index (κ1) is 12.4. The van der Waals surface area contributed by atoms with E-state index in [1.807, 2.05) is 0 Å². The average molecular weight is 215 g/mol. The second-order valence-corrected chi connectivity index (χ2v) is 3.95. The molecule has 1 fully saturated rings. The number of likely N-dealkylation sites (tertiary alicyclic amines) is 1. The Morgan fingerprint density at radius 3 is 2.60 bits per heavy atom. The van der Waals surface area contributed by atoms with Gasteiger partial charge < -0.3 is 15.4 Å². The topological polar surface area (TPSA) is 81.6 Å². The molecule has 0 saturated carbocycles. The molecule has 1 rings (SSSR count). The van der Waals surface area contributed by atoms with Gasteiger partial charge in [0.05, 0.1) is 0 Å². The van der Waals surface area contributed by atoms with Crippen LogP contribution >= 0.6 is 0 Å². The standard InChI is InChI=1S/C10H21N3O2/c11-9(14)10(12)15-8-4-3-7-13-5-1-2-6-13/h10H,1-8,12H2,(H2,11,14). The number of hydrogen-bond acceptors (Lipinski definition) is 4. The summed E-state index contributed by atoms with van der Waals surface area (Å²) in [7, 11) is 0. The fourth-order valence-electron chi connectivity index (χ4n) is 1.74. The first-order chi connectivity index (χ1) is 7.20. The van der Waals surface area contributed by atoms with Crippen LogP contribution in [0.1, 0.15) is 25.7 Å². The van der Waals surface area contributed by atoms with Gasteiger partial charge in [0.15, 0.2) is 6.23 Å². The third-order valence-corrected chi connectivity index (χ3v) is 2.65. The molecule has 1 saturated heterocycles. The van der Waals surface area contributed by atoms with E-state index in [1.165, 1.54) is 25.9 Å². The van der Waals surface area contributed by atoms with E-state index in [4.69, 9.17) is 16.2 Å². The summed E-state index contributed by atoms with van der Waals surface area (Å²) >= 11 is 0. The summed E-state index contributed by atoms with van der Waals surface area (Å²) in [6, 6.07) is 0. The summed E-state index contributed by atoms with van der Waals surface area (Å²) in [5.74, 6) is -0.602. The van der Waals surface area contributed by atoms with Crippen LogP contribution in [0.3, 0.4) is 0 Å². The molecule has 0 spiro atoms. The molecule has 0 aromatic carbocycles. The molecular formula is C10H21N3O2. The number of nitrogens with zero attached hydrogens (tertiary/aromatic N) is 1. The van der Waals surface area contributed by atoms with Gasteiger partial charge in [-0.3, -0.25) is 10.5 Å². The van der Waals surface area contributed by atoms with Crippen LogP contribution in [0.25, 0.3) is 0 Å². The lowest BCUT2D eigenvalue weighted by Crippen LogP contribution is -2.39. The van der Waals surface area contributed by atoms with Gasteiger partial charge >= 0.3 is 0 Å². The van der Waals surface area contributed by atoms with Gasteiger partial charge in [-0.25, -0.2) is 0 Å². The van der Waals surface area contributed by atoms with Gasteiger partial charge in [-0.1, -0.05) is 0 Å². The number of unbranched alkanes of at least 4 members (excludes halogenated alkanes) is 1. The van der Waals surface area contributed by atoms with Crippen LogP contribution in [0.2, 0.25) is 0 Å². The SMILES string of the molecule is NC(=O)C(N)OCCCCN1CCCC1. The first-order valence-electron chi connectivity index (χ1n) is 5.59. The van der Waals surface area contributed by atoms with E-state index in [-0.39, 0.29) is 0 Å². The minimum Gasteiger partial charge on any atom is -0.366 e. The Kier molecular flexibility index (Phi) is 5.60. The molecule has 0 bridgehead atoms. The van der Waals surface area contributed by atoms with E-state index in [0.29, 0.717) is 6.61 Å². The van der Waals surface area contributed by atoms with Crippen molar-refractivity contribution in [2.75, 3.05) is 26.2 Å². The van der Waals surface area contributed by atoms with Gasteiger partial charge in [0.2, 0.25) is 0 Å². The molecule has 15 heavy (non-hydrogen) atoms. The van der Waals surface area contributed by atoms with Crippen molar-refractivity contribution in [3.05, 3.63) is 0 Å². The molecule has 1 aliphatic heterocycles. The Labute approximate surface area is 90.7 Å². The predicted molar refractivity (Wildman–Crippen MR) is 58.0 cm³/mol. The third kappa shape index (κ3) is 5.11. The molecule has 5 heteroatoms. The van der Waals surface area contributed by atoms with E-state index in [9.17, 15) is 4.79 Å². The molecule has 0 aliphatic carbocycles. The first-order valence-corrected chi connectivity index (χ1v) is 5.59. The van der Waals surface area contributed by atoms with Crippen molar-refractivity contribution in [3.8, 4) is 0 Å². The zero-order valence-electron chi connectivity index (χ0n) is 9.15. The van der Waals surface area contributed by atoms with Gasteiger partial charge in [0.25, 0.3) is 5.91 Å². The second-order valence-electron chi connectivity index (χ2n) is 3.95. The van der Waals surface area contributed by atoms with Crippen LogP contribution in [0.5, 0.6) is 0 Å². The van der Waals surface area contributed by atoms with Crippen LogP contribution in [-0.2, 0) is 9.53 Å². The normalized spacial score (nSPS) is 19.3. The number of primary amides is 1. The molecule has 1 amide bonds. The smallest absolute Gasteiger partial charge is 0.261 e. The molecule has 1 heterocycles. The second kappa shape index (κ2) is 6.76. The van der Waals surface area contributed by atoms with Crippen molar-refractivity contribution >= 4 is 5.91 Å². The van der Waals surface area contributed by atoms with Gasteiger partial charge in [0.1, 0.15) is 0 Å². The lowest BCUT2D eigenvalue weighted by atomic mass is 10.3. The summed E-state index contributed by atoms with van der Waals surface area (Å²) < 4.78 is 5.05. The predicted octanol–water partition coefficient (Wildman–Crippen LogP) is -0.351. The van der Waals surface area contributed by atoms with E-state index >= 15 is 0 Å². The molecule has 1 atom stereocenters. The van der Waals surface area contributed by atoms with Crippen molar-refractivity contribution in [3.63, 3.8) is 0 Å².